The molecule has 0 amide bonds. The minimum atomic E-state index is -1.02. The minimum absolute atomic E-state index is 0.0230. The van der Waals surface area contributed by atoms with E-state index in [2.05, 4.69) is 9.98 Å². The molecule has 27 heavy (non-hydrogen) atoms. The molecule has 1 aliphatic heterocycles. The van der Waals surface area contributed by atoms with Crippen LogP contribution in [0.4, 0.5) is 0 Å². The lowest BCUT2D eigenvalue weighted by Gasteiger charge is -2.38. The number of rotatable bonds is 4. The summed E-state index contributed by atoms with van der Waals surface area (Å²) in [6.07, 6.45) is 7.26. The number of aromatic nitrogens is 1. The van der Waals surface area contributed by atoms with Gasteiger partial charge in [0.15, 0.2) is 5.54 Å². The van der Waals surface area contributed by atoms with Gasteiger partial charge >= 0.3 is 11.9 Å². The molecule has 6 heteroatoms. The average molecular weight is 372 g/mol. The van der Waals surface area contributed by atoms with Crippen molar-refractivity contribution in [1.29, 1.82) is 0 Å². The second-order valence-corrected chi connectivity index (χ2v) is 7.76. The van der Waals surface area contributed by atoms with Crippen LogP contribution in [0, 0.1) is 5.92 Å². The van der Waals surface area contributed by atoms with E-state index >= 15 is 0 Å². The molecule has 3 rings (SSSR count). The molecule has 0 aromatic carbocycles. The van der Waals surface area contributed by atoms with Gasteiger partial charge in [-0.15, -0.1) is 0 Å². The fraction of sp³-hybridized carbons (Fsp3) is 0.619. The highest BCUT2D eigenvalue weighted by Gasteiger charge is 2.48. The highest BCUT2D eigenvalue weighted by Crippen LogP contribution is 2.40. The Kier molecular flexibility index (Phi) is 5.92. The van der Waals surface area contributed by atoms with Gasteiger partial charge in [0, 0.05) is 23.5 Å². The van der Waals surface area contributed by atoms with Crippen LogP contribution >= 0.6 is 0 Å². The molecule has 2 aliphatic rings. The fourth-order valence-corrected chi connectivity index (χ4v) is 4.26. The van der Waals surface area contributed by atoms with Gasteiger partial charge in [-0.3, -0.25) is 14.8 Å². The van der Waals surface area contributed by atoms with Crippen LogP contribution in [0.5, 0.6) is 0 Å². The highest BCUT2D eigenvalue weighted by atomic mass is 16.5. The molecule has 1 aromatic heterocycles. The van der Waals surface area contributed by atoms with Crippen molar-refractivity contribution >= 4 is 17.7 Å². The van der Waals surface area contributed by atoms with Crippen LogP contribution in [-0.2, 0) is 19.1 Å². The first-order valence-corrected chi connectivity index (χ1v) is 9.71. The van der Waals surface area contributed by atoms with E-state index < -0.39 is 11.5 Å². The van der Waals surface area contributed by atoms with E-state index in [0.717, 1.165) is 31.4 Å². The number of carbonyl (C=O) groups is 2. The second-order valence-electron chi connectivity index (χ2n) is 7.76. The molecule has 2 heterocycles. The molecular formula is C21H28N2O4. The van der Waals surface area contributed by atoms with Gasteiger partial charge in [-0.05, 0) is 58.1 Å². The molecule has 0 radical (unpaired) electrons. The third-order valence-corrected chi connectivity index (χ3v) is 5.68. The van der Waals surface area contributed by atoms with E-state index in [0.29, 0.717) is 12.1 Å². The number of methoxy groups -OCH3 is 1. The van der Waals surface area contributed by atoms with Crippen LogP contribution in [-0.4, -0.2) is 41.4 Å². The highest BCUT2D eigenvalue weighted by molar-refractivity contribution is 6.04. The average Bonchev–Trinajstić information content (AvgIpc) is 2.68. The summed E-state index contributed by atoms with van der Waals surface area (Å²) in [5.74, 6) is -1.48. The van der Waals surface area contributed by atoms with Crippen LogP contribution in [0.15, 0.2) is 29.4 Å². The Morgan fingerprint density at radius 1 is 1.19 bits per heavy atom. The van der Waals surface area contributed by atoms with E-state index in [9.17, 15) is 9.59 Å². The van der Waals surface area contributed by atoms with Crippen molar-refractivity contribution in [3.05, 3.63) is 30.1 Å². The maximum atomic E-state index is 13.0. The maximum absolute atomic E-state index is 13.0. The van der Waals surface area contributed by atoms with Crippen molar-refractivity contribution in [2.45, 2.75) is 69.9 Å². The lowest BCUT2D eigenvalue weighted by atomic mass is 9.74. The molecule has 0 saturated heterocycles. The maximum Gasteiger partial charge on any atom is 0.334 e. The molecule has 0 bridgehead atoms. The largest absolute Gasteiger partial charge is 0.468 e. The molecule has 1 fully saturated rings. The minimum Gasteiger partial charge on any atom is -0.468 e. The zero-order valence-electron chi connectivity index (χ0n) is 16.3. The van der Waals surface area contributed by atoms with Crippen molar-refractivity contribution in [1.82, 2.24) is 4.98 Å². The van der Waals surface area contributed by atoms with E-state index in [4.69, 9.17) is 9.47 Å². The number of ether oxygens (including phenoxy) is 2. The molecule has 0 N–H and O–H groups in total. The normalized spacial score (nSPS) is 28.9. The molecular weight excluding hydrogens is 344 g/mol. The van der Waals surface area contributed by atoms with E-state index in [1.165, 1.54) is 13.5 Å². The number of hydrogen-bond acceptors (Lipinski definition) is 6. The van der Waals surface area contributed by atoms with Crippen molar-refractivity contribution in [2.75, 3.05) is 7.11 Å². The molecule has 1 aromatic rings. The topological polar surface area (TPSA) is 77.8 Å². The van der Waals surface area contributed by atoms with Crippen molar-refractivity contribution in [2.24, 2.45) is 10.9 Å². The van der Waals surface area contributed by atoms with Crippen LogP contribution in [0.2, 0.25) is 0 Å². The summed E-state index contributed by atoms with van der Waals surface area (Å²) in [7, 11) is 1.37. The van der Waals surface area contributed by atoms with Gasteiger partial charge in [-0.25, -0.2) is 4.79 Å². The van der Waals surface area contributed by atoms with E-state index in [1.807, 2.05) is 18.2 Å². The summed E-state index contributed by atoms with van der Waals surface area (Å²) < 4.78 is 10.8. The van der Waals surface area contributed by atoms with Gasteiger partial charge in [-0.1, -0.05) is 12.5 Å². The summed E-state index contributed by atoms with van der Waals surface area (Å²) in [6.45, 7) is 3.58. The summed E-state index contributed by atoms with van der Waals surface area (Å²) in [5.41, 5.74) is 0.333. The van der Waals surface area contributed by atoms with Crippen molar-refractivity contribution in [3.8, 4) is 0 Å². The van der Waals surface area contributed by atoms with E-state index in [1.54, 1.807) is 20.0 Å². The first-order valence-electron chi connectivity index (χ1n) is 9.71. The van der Waals surface area contributed by atoms with E-state index in [-0.39, 0.29) is 24.0 Å². The lowest BCUT2D eigenvalue weighted by Crippen LogP contribution is -2.47. The lowest BCUT2D eigenvalue weighted by molar-refractivity contribution is -0.158. The van der Waals surface area contributed by atoms with Gasteiger partial charge in [-0.2, -0.15) is 0 Å². The Balaban J connectivity index is 1.89. The Morgan fingerprint density at radius 2 is 1.93 bits per heavy atom. The van der Waals surface area contributed by atoms with Gasteiger partial charge in [0.2, 0.25) is 0 Å². The second kappa shape index (κ2) is 8.19. The number of carbonyl (C=O) groups excluding carboxylic acids is 2. The molecule has 1 aliphatic carbocycles. The van der Waals surface area contributed by atoms with Gasteiger partial charge in [0.25, 0.3) is 0 Å². The van der Waals surface area contributed by atoms with Gasteiger partial charge in [0.05, 0.1) is 7.11 Å². The van der Waals surface area contributed by atoms with Crippen LogP contribution in [0.3, 0.4) is 0 Å². The summed E-state index contributed by atoms with van der Waals surface area (Å²) in [4.78, 5) is 34.5. The predicted molar refractivity (Wildman–Crippen MR) is 102 cm³/mol. The van der Waals surface area contributed by atoms with Gasteiger partial charge in [0.1, 0.15) is 12.0 Å². The molecule has 146 valence electrons. The molecule has 0 spiro atoms. The number of aliphatic imine (C=N–C) groups is 1. The zero-order chi connectivity index (χ0) is 19.4. The Labute approximate surface area is 160 Å². The molecule has 3 atom stereocenters. The third kappa shape index (κ3) is 4.20. The Morgan fingerprint density at radius 3 is 2.56 bits per heavy atom. The number of pyridine rings is 1. The quantitative estimate of drug-likeness (QED) is 0.757. The number of esters is 2. The summed E-state index contributed by atoms with van der Waals surface area (Å²) >= 11 is 0. The molecule has 1 saturated carbocycles. The SMILES string of the molecule is COC(=O)C1C(C)=NC(C)(C(=O)OC2CCCCC2)CC1c1ccccn1. The third-order valence-electron chi connectivity index (χ3n) is 5.68. The first kappa shape index (κ1) is 19.5. The first-order chi connectivity index (χ1) is 12.9. The van der Waals surface area contributed by atoms with Crippen LogP contribution in [0.1, 0.15) is 64.0 Å². The fourth-order valence-electron chi connectivity index (χ4n) is 4.26. The van der Waals surface area contributed by atoms with Crippen molar-refractivity contribution in [3.63, 3.8) is 0 Å². The monoisotopic (exact) mass is 372 g/mol. The summed E-state index contributed by atoms with van der Waals surface area (Å²) in [5, 5.41) is 0. The molecule has 6 nitrogen and oxygen atoms in total. The Bertz CT molecular complexity index is 712. The van der Waals surface area contributed by atoms with Crippen molar-refractivity contribution < 1.29 is 19.1 Å². The van der Waals surface area contributed by atoms with Gasteiger partial charge < -0.3 is 9.47 Å². The summed E-state index contributed by atoms with van der Waals surface area (Å²) in [6, 6.07) is 5.60. The van der Waals surface area contributed by atoms with Crippen LogP contribution < -0.4 is 0 Å². The number of hydrogen-bond donors (Lipinski definition) is 0. The number of nitrogens with zero attached hydrogens (tertiary/aromatic N) is 2. The smallest absolute Gasteiger partial charge is 0.334 e. The Hall–Kier alpha value is -2.24. The molecule has 3 unspecified atom stereocenters. The van der Waals surface area contributed by atoms with Crippen LogP contribution in [0.25, 0.3) is 0 Å². The standard InChI is InChI=1S/C21H28N2O4/c1-14-18(19(24)26-3)16(17-11-7-8-12-22-17)13-21(2,23-14)20(25)27-15-9-5-4-6-10-15/h7-8,11-12,15-16,18H,4-6,9-10,13H2,1-3H3. The predicted octanol–water partition coefficient (Wildman–Crippen LogP) is 3.45. The zero-order valence-corrected chi connectivity index (χ0v) is 16.3.